The van der Waals surface area contributed by atoms with Crippen molar-refractivity contribution in [3.63, 3.8) is 0 Å². The fourth-order valence-electron chi connectivity index (χ4n) is 2.23. The Morgan fingerprint density at radius 2 is 2.15 bits per heavy atom. The fraction of sp³-hybridized carbons (Fsp3) is 0.200. The van der Waals surface area contributed by atoms with Crippen molar-refractivity contribution in [3.05, 3.63) is 46.7 Å². The van der Waals surface area contributed by atoms with Crippen LogP contribution in [-0.2, 0) is 17.8 Å². The Morgan fingerprint density at radius 3 is 2.90 bits per heavy atom. The fourth-order valence-corrected chi connectivity index (χ4v) is 2.93. The number of nitrogens with one attached hydrogen (secondary N) is 1. The molecule has 0 saturated carbocycles. The highest BCUT2D eigenvalue weighted by Gasteiger charge is 2.12. The van der Waals surface area contributed by atoms with Crippen molar-refractivity contribution in [2.45, 2.75) is 19.9 Å². The maximum absolute atomic E-state index is 12.1. The third-order valence-electron chi connectivity index (χ3n) is 3.14. The van der Waals surface area contributed by atoms with Crippen LogP contribution in [-0.4, -0.2) is 15.5 Å². The molecule has 3 rings (SSSR count). The van der Waals surface area contributed by atoms with E-state index in [0.717, 1.165) is 22.5 Å². The van der Waals surface area contributed by atoms with Gasteiger partial charge in [-0.25, -0.2) is 4.98 Å². The molecule has 0 spiro atoms. The number of rotatable bonds is 4. The summed E-state index contributed by atoms with van der Waals surface area (Å²) in [7, 11) is 0. The average molecular weight is 285 g/mol. The normalized spacial score (nSPS) is 10.8. The third kappa shape index (κ3) is 2.44. The van der Waals surface area contributed by atoms with E-state index in [1.165, 1.54) is 0 Å². The van der Waals surface area contributed by atoms with Gasteiger partial charge in [-0.1, -0.05) is 18.2 Å². The molecule has 102 valence electrons. The van der Waals surface area contributed by atoms with Crippen LogP contribution in [0.3, 0.4) is 0 Å². The van der Waals surface area contributed by atoms with Crippen LogP contribution < -0.4 is 5.32 Å². The predicted molar refractivity (Wildman–Crippen MR) is 82.1 cm³/mol. The maximum Gasteiger partial charge on any atom is 0.231 e. The number of carbonyl (C=O) groups is 1. The lowest BCUT2D eigenvalue weighted by Gasteiger charge is -2.06. The van der Waals surface area contributed by atoms with Crippen LogP contribution in [0.15, 0.2) is 41.8 Å². The van der Waals surface area contributed by atoms with Gasteiger partial charge >= 0.3 is 0 Å². The zero-order valence-corrected chi connectivity index (χ0v) is 12.0. The van der Waals surface area contributed by atoms with E-state index in [4.69, 9.17) is 0 Å². The molecule has 0 saturated heterocycles. The molecule has 2 aromatic heterocycles. The van der Waals surface area contributed by atoms with Crippen molar-refractivity contribution in [1.82, 2.24) is 9.55 Å². The summed E-state index contributed by atoms with van der Waals surface area (Å²) >= 11 is 1.59. The van der Waals surface area contributed by atoms with Gasteiger partial charge in [0.25, 0.3) is 0 Å². The van der Waals surface area contributed by atoms with Crippen LogP contribution >= 0.6 is 11.3 Å². The number of carbonyl (C=O) groups excluding carboxylic acids is 1. The number of nitrogens with zero attached hydrogens (tertiary/aromatic N) is 2. The number of hydrogen-bond donors (Lipinski definition) is 1. The number of fused-ring (bicyclic) bond motifs is 1. The SMILES string of the molecule is CCn1c(NC(=O)Cc2cccs2)nc2ccccc21. The van der Waals surface area contributed by atoms with E-state index in [1.54, 1.807) is 11.3 Å². The summed E-state index contributed by atoms with van der Waals surface area (Å²) in [6.07, 6.45) is 0.393. The number of thiophene rings is 1. The number of benzene rings is 1. The molecule has 4 nitrogen and oxygen atoms in total. The van der Waals surface area contributed by atoms with Gasteiger partial charge in [0.15, 0.2) is 0 Å². The highest BCUT2D eigenvalue weighted by atomic mass is 32.1. The lowest BCUT2D eigenvalue weighted by Crippen LogP contribution is -2.17. The summed E-state index contributed by atoms with van der Waals surface area (Å²) in [4.78, 5) is 17.6. The largest absolute Gasteiger partial charge is 0.310 e. The Morgan fingerprint density at radius 1 is 1.30 bits per heavy atom. The molecule has 0 fully saturated rings. The zero-order valence-electron chi connectivity index (χ0n) is 11.2. The predicted octanol–water partition coefficient (Wildman–Crippen LogP) is 3.30. The van der Waals surface area contributed by atoms with E-state index in [1.807, 2.05) is 53.3 Å². The van der Waals surface area contributed by atoms with Crippen molar-refractivity contribution in [1.29, 1.82) is 0 Å². The summed E-state index contributed by atoms with van der Waals surface area (Å²) in [6, 6.07) is 11.8. The first kappa shape index (κ1) is 12.9. The van der Waals surface area contributed by atoms with Crippen LogP contribution in [0.2, 0.25) is 0 Å². The second-order valence-electron chi connectivity index (χ2n) is 4.47. The minimum absolute atomic E-state index is 0.0301. The molecule has 0 unspecified atom stereocenters. The van der Waals surface area contributed by atoms with Gasteiger partial charge in [0.1, 0.15) is 0 Å². The second-order valence-corrected chi connectivity index (χ2v) is 5.50. The smallest absolute Gasteiger partial charge is 0.231 e. The highest BCUT2D eigenvalue weighted by molar-refractivity contribution is 7.10. The van der Waals surface area contributed by atoms with Gasteiger partial charge < -0.3 is 4.57 Å². The first-order valence-corrected chi connectivity index (χ1v) is 7.43. The van der Waals surface area contributed by atoms with Gasteiger partial charge in [0, 0.05) is 11.4 Å². The molecule has 0 atom stereocenters. The van der Waals surface area contributed by atoms with Crippen molar-refractivity contribution in [3.8, 4) is 0 Å². The Bertz CT molecular complexity index is 731. The molecule has 1 amide bonds. The van der Waals surface area contributed by atoms with Crippen LogP contribution in [0.5, 0.6) is 0 Å². The number of anilines is 1. The second kappa shape index (κ2) is 5.46. The van der Waals surface area contributed by atoms with Gasteiger partial charge in [0.2, 0.25) is 11.9 Å². The molecule has 1 N–H and O–H groups in total. The molecule has 0 radical (unpaired) electrons. The van der Waals surface area contributed by atoms with Gasteiger partial charge in [-0.3, -0.25) is 10.1 Å². The quantitative estimate of drug-likeness (QED) is 0.799. The average Bonchev–Trinajstić information content (AvgIpc) is 3.05. The number of amides is 1. The molecule has 0 bridgehead atoms. The molecule has 0 aliphatic heterocycles. The molecule has 1 aromatic carbocycles. The Balaban J connectivity index is 1.85. The van der Waals surface area contributed by atoms with E-state index in [0.29, 0.717) is 12.4 Å². The number of hydrogen-bond acceptors (Lipinski definition) is 3. The first-order chi connectivity index (χ1) is 9.78. The van der Waals surface area contributed by atoms with E-state index >= 15 is 0 Å². The number of aromatic nitrogens is 2. The Kier molecular flexibility index (Phi) is 3.52. The first-order valence-electron chi connectivity index (χ1n) is 6.55. The van der Waals surface area contributed by atoms with Gasteiger partial charge in [0.05, 0.1) is 17.5 Å². The van der Waals surface area contributed by atoms with E-state index < -0.39 is 0 Å². The monoisotopic (exact) mass is 285 g/mol. The molecule has 0 aliphatic carbocycles. The number of aryl methyl sites for hydroxylation is 1. The van der Waals surface area contributed by atoms with Crippen molar-refractivity contribution in [2.24, 2.45) is 0 Å². The molecule has 5 heteroatoms. The highest BCUT2D eigenvalue weighted by Crippen LogP contribution is 2.19. The van der Waals surface area contributed by atoms with E-state index in [-0.39, 0.29) is 5.91 Å². The van der Waals surface area contributed by atoms with E-state index in [2.05, 4.69) is 10.3 Å². The lowest BCUT2D eigenvalue weighted by atomic mass is 10.3. The molecule has 20 heavy (non-hydrogen) atoms. The summed E-state index contributed by atoms with van der Waals surface area (Å²) < 4.78 is 2.02. The maximum atomic E-state index is 12.1. The molecular weight excluding hydrogens is 270 g/mol. The van der Waals surface area contributed by atoms with Crippen molar-refractivity contribution < 1.29 is 4.79 Å². The van der Waals surface area contributed by atoms with Crippen molar-refractivity contribution in [2.75, 3.05) is 5.32 Å². The van der Waals surface area contributed by atoms with Gasteiger partial charge in [-0.15, -0.1) is 11.3 Å². The molecule has 3 aromatic rings. The van der Waals surface area contributed by atoms with Gasteiger partial charge in [-0.05, 0) is 30.5 Å². The Labute approximate surface area is 121 Å². The minimum Gasteiger partial charge on any atom is -0.310 e. The number of imidazole rings is 1. The van der Waals surface area contributed by atoms with E-state index in [9.17, 15) is 4.79 Å². The van der Waals surface area contributed by atoms with Crippen LogP contribution in [0, 0.1) is 0 Å². The van der Waals surface area contributed by atoms with Crippen molar-refractivity contribution >= 4 is 34.2 Å². The zero-order chi connectivity index (χ0) is 13.9. The lowest BCUT2D eigenvalue weighted by molar-refractivity contribution is -0.115. The summed E-state index contributed by atoms with van der Waals surface area (Å²) in [6.45, 7) is 2.82. The van der Waals surface area contributed by atoms with Gasteiger partial charge in [-0.2, -0.15) is 0 Å². The van der Waals surface area contributed by atoms with Crippen LogP contribution in [0.25, 0.3) is 11.0 Å². The topological polar surface area (TPSA) is 46.9 Å². The molecule has 0 aliphatic rings. The minimum atomic E-state index is -0.0301. The third-order valence-corrected chi connectivity index (χ3v) is 4.01. The summed E-state index contributed by atoms with van der Waals surface area (Å²) in [5, 5.41) is 4.88. The molecule has 2 heterocycles. The Hall–Kier alpha value is -2.14. The van der Waals surface area contributed by atoms with Crippen LogP contribution in [0.4, 0.5) is 5.95 Å². The standard InChI is InChI=1S/C15H15N3OS/c1-2-18-13-8-4-3-7-12(13)16-15(18)17-14(19)10-11-6-5-9-20-11/h3-9H,2,10H2,1H3,(H,16,17,19). The summed E-state index contributed by atoms with van der Waals surface area (Å²) in [5.74, 6) is 0.590. The van der Waals surface area contributed by atoms with Crippen LogP contribution in [0.1, 0.15) is 11.8 Å². The molecular formula is C15H15N3OS. The summed E-state index contributed by atoms with van der Waals surface area (Å²) in [5.41, 5.74) is 1.95. The number of para-hydroxylation sites is 2.